The maximum atomic E-state index is 13.0. The van der Waals surface area contributed by atoms with Gasteiger partial charge in [0.25, 0.3) is 0 Å². The van der Waals surface area contributed by atoms with Crippen LogP contribution in [-0.2, 0) is 19.4 Å². The first-order chi connectivity index (χ1) is 9.89. The predicted molar refractivity (Wildman–Crippen MR) is 80.4 cm³/mol. The van der Waals surface area contributed by atoms with Gasteiger partial charge in [-0.1, -0.05) is 36.4 Å². The molecule has 21 heavy (non-hydrogen) atoms. The molecule has 1 aliphatic rings. The van der Waals surface area contributed by atoms with Crippen molar-refractivity contribution >= 4 is 15.8 Å². The number of hydrogen-bond acceptors (Lipinski definition) is 4. The Balaban J connectivity index is 2.60. The lowest BCUT2D eigenvalue weighted by molar-refractivity contribution is -0.143. The zero-order valence-electron chi connectivity index (χ0n) is 11.9. The molecule has 5 heteroatoms. The van der Waals surface area contributed by atoms with Crippen molar-refractivity contribution in [1.29, 1.82) is 0 Å². The molecular formula is C16H18O4S. The topological polar surface area (TPSA) is 60.4 Å². The van der Waals surface area contributed by atoms with Gasteiger partial charge in [-0.05, 0) is 30.9 Å². The van der Waals surface area contributed by atoms with Crippen molar-refractivity contribution in [3.8, 4) is 0 Å². The number of benzene rings is 1. The van der Waals surface area contributed by atoms with Gasteiger partial charge in [-0.2, -0.15) is 0 Å². The second-order valence-electron chi connectivity index (χ2n) is 5.18. The summed E-state index contributed by atoms with van der Waals surface area (Å²) in [4.78, 5) is 12.4. The fraction of sp³-hybridized carbons (Fsp3) is 0.312. The van der Waals surface area contributed by atoms with E-state index in [1.807, 2.05) is 0 Å². The van der Waals surface area contributed by atoms with E-state index in [2.05, 4.69) is 13.2 Å². The average Bonchev–Trinajstić information content (AvgIpc) is 2.86. The minimum Gasteiger partial charge on any atom is -0.468 e. The molecule has 4 nitrogen and oxygen atoms in total. The number of carbonyl (C=O) groups is 1. The van der Waals surface area contributed by atoms with E-state index in [0.717, 1.165) is 0 Å². The molecule has 0 saturated heterocycles. The van der Waals surface area contributed by atoms with Crippen LogP contribution in [0, 0.1) is 5.92 Å². The Labute approximate surface area is 125 Å². The third-order valence-electron chi connectivity index (χ3n) is 4.00. The normalized spacial score (nSPS) is 25.6. The summed E-state index contributed by atoms with van der Waals surface area (Å²) in [5, 5.41) is 0. The van der Waals surface area contributed by atoms with Crippen LogP contribution in [0.5, 0.6) is 0 Å². The highest BCUT2D eigenvalue weighted by Gasteiger charge is 2.57. The Hall–Kier alpha value is -1.88. The van der Waals surface area contributed by atoms with Crippen LogP contribution >= 0.6 is 0 Å². The highest BCUT2D eigenvalue weighted by molar-refractivity contribution is 7.93. The van der Waals surface area contributed by atoms with E-state index in [4.69, 9.17) is 4.74 Å². The summed E-state index contributed by atoms with van der Waals surface area (Å²) in [6, 6.07) is 7.97. The van der Waals surface area contributed by atoms with Gasteiger partial charge in [0, 0.05) is 0 Å². The second-order valence-corrected chi connectivity index (χ2v) is 7.44. The van der Waals surface area contributed by atoms with Crippen molar-refractivity contribution in [2.24, 2.45) is 5.92 Å². The molecule has 0 heterocycles. The standard InChI is InChI=1S/C16H18O4S/c1-4-13-11-16(10-12(13)2,15(17)20-3)21(18,19)14-8-6-5-7-9-14/h4-9,13H,1-2,10-11H2,3H3. The molecule has 0 N–H and O–H groups in total. The lowest BCUT2D eigenvalue weighted by atomic mass is 10.0. The van der Waals surface area contributed by atoms with Gasteiger partial charge >= 0.3 is 5.97 Å². The Morgan fingerprint density at radius 3 is 2.48 bits per heavy atom. The maximum absolute atomic E-state index is 13.0. The van der Waals surface area contributed by atoms with E-state index in [-0.39, 0.29) is 23.7 Å². The van der Waals surface area contributed by atoms with Crippen molar-refractivity contribution in [2.45, 2.75) is 22.5 Å². The number of methoxy groups -OCH3 is 1. The average molecular weight is 306 g/mol. The highest BCUT2D eigenvalue weighted by Crippen LogP contribution is 2.46. The van der Waals surface area contributed by atoms with Crippen LogP contribution in [0.1, 0.15) is 12.8 Å². The molecule has 1 fully saturated rings. The second kappa shape index (κ2) is 5.48. The van der Waals surface area contributed by atoms with Gasteiger partial charge in [-0.3, -0.25) is 4.79 Å². The first-order valence-corrected chi connectivity index (χ1v) is 8.05. The minimum atomic E-state index is -3.87. The number of ether oxygens (including phenoxy) is 1. The van der Waals surface area contributed by atoms with E-state index < -0.39 is 20.6 Å². The molecule has 0 spiro atoms. The van der Waals surface area contributed by atoms with Crippen LogP contribution in [0.15, 0.2) is 60.0 Å². The molecule has 112 valence electrons. The van der Waals surface area contributed by atoms with Gasteiger partial charge in [-0.15, -0.1) is 6.58 Å². The smallest absolute Gasteiger partial charge is 0.327 e. The van der Waals surface area contributed by atoms with Crippen molar-refractivity contribution in [2.75, 3.05) is 7.11 Å². The lowest BCUT2D eigenvalue weighted by Gasteiger charge is -2.25. The Bertz CT molecular complexity index is 675. The van der Waals surface area contributed by atoms with Gasteiger partial charge in [0.1, 0.15) is 0 Å². The number of sulfone groups is 1. The molecule has 0 bridgehead atoms. The summed E-state index contributed by atoms with van der Waals surface area (Å²) >= 11 is 0. The van der Waals surface area contributed by atoms with Crippen molar-refractivity contribution in [3.05, 3.63) is 55.1 Å². The summed E-state index contributed by atoms with van der Waals surface area (Å²) in [6.45, 7) is 7.57. The summed E-state index contributed by atoms with van der Waals surface area (Å²) < 4.78 is 29.2. The number of allylic oxidation sites excluding steroid dienone is 2. The number of hydrogen-bond donors (Lipinski definition) is 0. The molecular weight excluding hydrogens is 288 g/mol. The lowest BCUT2D eigenvalue weighted by Crippen LogP contribution is -2.45. The first-order valence-electron chi connectivity index (χ1n) is 6.57. The van der Waals surface area contributed by atoms with Crippen molar-refractivity contribution < 1.29 is 17.9 Å². The number of esters is 1. The molecule has 1 saturated carbocycles. The van der Waals surface area contributed by atoms with Gasteiger partial charge in [0.15, 0.2) is 14.6 Å². The molecule has 2 atom stereocenters. The number of rotatable bonds is 4. The van der Waals surface area contributed by atoms with Crippen LogP contribution < -0.4 is 0 Å². The van der Waals surface area contributed by atoms with E-state index in [9.17, 15) is 13.2 Å². The molecule has 1 aromatic carbocycles. The highest BCUT2D eigenvalue weighted by atomic mass is 32.2. The third kappa shape index (κ3) is 2.31. The van der Waals surface area contributed by atoms with Crippen LogP contribution in [0.25, 0.3) is 0 Å². The molecule has 0 aromatic heterocycles. The quantitative estimate of drug-likeness (QED) is 0.633. The molecule has 1 aliphatic carbocycles. The zero-order chi connectivity index (χ0) is 15.7. The zero-order valence-corrected chi connectivity index (χ0v) is 12.7. The molecule has 0 radical (unpaired) electrons. The molecule has 2 unspecified atom stereocenters. The van der Waals surface area contributed by atoms with Crippen molar-refractivity contribution in [1.82, 2.24) is 0 Å². The minimum absolute atomic E-state index is 0.0631. The molecule has 1 aromatic rings. The Morgan fingerprint density at radius 2 is 2.00 bits per heavy atom. The Morgan fingerprint density at radius 1 is 1.38 bits per heavy atom. The van der Waals surface area contributed by atoms with E-state index in [1.165, 1.54) is 19.2 Å². The third-order valence-corrected chi connectivity index (χ3v) is 6.40. The summed E-state index contributed by atoms with van der Waals surface area (Å²) in [6.07, 6.45) is 1.82. The summed E-state index contributed by atoms with van der Waals surface area (Å²) in [5.41, 5.74) is 0.690. The predicted octanol–water partition coefficient (Wildman–Crippen LogP) is 2.52. The fourth-order valence-corrected chi connectivity index (χ4v) is 4.84. The van der Waals surface area contributed by atoms with Gasteiger partial charge in [0.2, 0.25) is 0 Å². The molecule has 0 aliphatic heterocycles. The SMILES string of the molecule is C=CC1CC(C(=O)OC)(S(=O)(=O)c2ccccc2)CC1=C. The van der Waals surface area contributed by atoms with Gasteiger partial charge in [-0.25, -0.2) is 8.42 Å². The van der Waals surface area contributed by atoms with E-state index in [0.29, 0.717) is 5.57 Å². The largest absolute Gasteiger partial charge is 0.468 e. The van der Waals surface area contributed by atoms with Crippen LogP contribution in [0.2, 0.25) is 0 Å². The summed E-state index contributed by atoms with van der Waals surface area (Å²) in [7, 11) is -2.67. The van der Waals surface area contributed by atoms with Gasteiger partial charge in [0.05, 0.1) is 12.0 Å². The van der Waals surface area contributed by atoms with Crippen LogP contribution in [0.4, 0.5) is 0 Å². The van der Waals surface area contributed by atoms with Crippen LogP contribution in [0.3, 0.4) is 0 Å². The number of carbonyl (C=O) groups excluding carboxylic acids is 1. The fourth-order valence-electron chi connectivity index (χ4n) is 2.80. The molecule has 0 amide bonds. The van der Waals surface area contributed by atoms with E-state index in [1.54, 1.807) is 24.3 Å². The summed E-state index contributed by atoms with van der Waals surface area (Å²) in [5.74, 6) is -0.945. The monoisotopic (exact) mass is 306 g/mol. The maximum Gasteiger partial charge on any atom is 0.327 e. The van der Waals surface area contributed by atoms with E-state index >= 15 is 0 Å². The van der Waals surface area contributed by atoms with Crippen molar-refractivity contribution in [3.63, 3.8) is 0 Å². The van der Waals surface area contributed by atoms with Crippen LogP contribution in [-0.4, -0.2) is 26.2 Å². The Kier molecular flexibility index (Phi) is 4.05. The first kappa shape index (κ1) is 15.5. The van der Waals surface area contributed by atoms with Gasteiger partial charge < -0.3 is 4.74 Å². The molecule has 2 rings (SSSR count).